The van der Waals surface area contributed by atoms with Gasteiger partial charge in [-0.2, -0.15) is 0 Å². The fourth-order valence-corrected chi connectivity index (χ4v) is 4.73. The van der Waals surface area contributed by atoms with Gasteiger partial charge in [-0.3, -0.25) is 14.6 Å². The topological polar surface area (TPSA) is 43.8 Å². The summed E-state index contributed by atoms with van der Waals surface area (Å²) in [6, 6.07) is 12.6. The van der Waals surface area contributed by atoms with Crippen LogP contribution in [0.25, 0.3) is 10.4 Å². The average molecular weight is 379 g/mol. The predicted octanol–water partition coefficient (Wildman–Crippen LogP) is 4.05. The molecule has 6 heteroatoms. The molecule has 1 aromatic carbocycles. The number of hydrogen-bond donors (Lipinski definition) is 1. The lowest BCUT2D eigenvalue weighted by Crippen LogP contribution is -2.44. The van der Waals surface area contributed by atoms with Crippen molar-refractivity contribution in [2.24, 2.45) is 0 Å². The van der Waals surface area contributed by atoms with Gasteiger partial charge in [-0.05, 0) is 38.1 Å². The van der Waals surface area contributed by atoms with Crippen LogP contribution in [0, 0.1) is 0 Å². The van der Waals surface area contributed by atoms with Crippen LogP contribution in [0.5, 0.6) is 0 Å². The normalized spacial score (nSPS) is 16.4. The predicted molar refractivity (Wildman–Crippen MR) is 103 cm³/mol. The molecule has 2 heterocycles. The quantitative estimate of drug-likeness (QED) is 0.823. The Balaban J connectivity index is 1.55. The molecule has 1 saturated heterocycles. The van der Waals surface area contributed by atoms with Gasteiger partial charge in [0.1, 0.15) is 0 Å². The first kappa shape index (κ1) is 18.4. The molecule has 0 bridgehead atoms. The molecule has 1 fully saturated rings. The van der Waals surface area contributed by atoms with Crippen molar-refractivity contribution in [2.45, 2.75) is 25.4 Å². The number of likely N-dealkylation sites (tertiary alicyclic amines) is 1. The van der Waals surface area contributed by atoms with Crippen LogP contribution in [-0.2, 0) is 11.3 Å². The van der Waals surface area contributed by atoms with Gasteiger partial charge in [0.05, 0.1) is 6.54 Å². The summed E-state index contributed by atoms with van der Waals surface area (Å²) < 4.78 is 0. The molecule has 1 aliphatic rings. The van der Waals surface area contributed by atoms with E-state index >= 15 is 0 Å². The zero-order chi connectivity index (χ0) is 17.8. The van der Waals surface area contributed by atoms with Crippen LogP contribution in [0.15, 0.2) is 36.4 Å². The van der Waals surface area contributed by atoms with E-state index in [-0.39, 0.29) is 6.54 Å². The lowest BCUT2D eigenvalue weighted by atomic mass is 10.0. The number of carboxylic acid groups (broad SMARTS) is 1. The second kappa shape index (κ2) is 8.32. The van der Waals surface area contributed by atoms with E-state index in [1.54, 1.807) is 11.3 Å². The zero-order valence-corrected chi connectivity index (χ0v) is 15.9. The Morgan fingerprint density at radius 2 is 2.00 bits per heavy atom. The molecule has 4 nitrogen and oxygen atoms in total. The Morgan fingerprint density at radius 3 is 2.68 bits per heavy atom. The summed E-state index contributed by atoms with van der Waals surface area (Å²) in [5, 5.41) is 9.71. The van der Waals surface area contributed by atoms with Crippen LogP contribution in [0.1, 0.15) is 17.7 Å². The number of likely N-dealkylation sites (N-methyl/N-ethyl adjacent to an activating group) is 1. The molecule has 0 spiro atoms. The largest absolute Gasteiger partial charge is 0.480 e. The highest BCUT2D eigenvalue weighted by molar-refractivity contribution is 7.15. The molecule has 3 rings (SSSR count). The monoisotopic (exact) mass is 378 g/mol. The fourth-order valence-electron chi connectivity index (χ4n) is 3.35. The molecule has 1 aliphatic heterocycles. The lowest BCUT2D eigenvalue weighted by Gasteiger charge is -2.35. The van der Waals surface area contributed by atoms with E-state index in [9.17, 15) is 4.79 Å². The average Bonchev–Trinajstić information content (AvgIpc) is 3.03. The fraction of sp³-hybridized carbons (Fsp3) is 0.421. The summed E-state index contributed by atoms with van der Waals surface area (Å²) in [6.45, 7) is 3.09. The first-order valence-corrected chi connectivity index (χ1v) is 9.70. The summed E-state index contributed by atoms with van der Waals surface area (Å²) in [5.74, 6) is -0.754. The van der Waals surface area contributed by atoms with E-state index < -0.39 is 5.97 Å². The lowest BCUT2D eigenvalue weighted by molar-refractivity contribution is -0.138. The highest BCUT2D eigenvalue weighted by atomic mass is 35.5. The van der Waals surface area contributed by atoms with Gasteiger partial charge in [-0.1, -0.05) is 29.8 Å². The Labute approximate surface area is 157 Å². The second-order valence-corrected chi connectivity index (χ2v) is 8.14. The van der Waals surface area contributed by atoms with Crippen LogP contribution >= 0.6 is 22.9 Å². The van der Waals surface area contributed by atoms with E-state index in [0.29, 0.717) is 6.04 Å². The van der Waals surface area contributed by atoms with Crippen molar-refractivity contribution in [3.05, 3.63) is 46.3 Å². The summed E-state index contributed by atoms with van der Waals surface area (Å²) in [5.41, 5.74) is 1.09. The van der Waals surface area contributed by atoms with Crippen LogP contribution in [0.4, 0.5) is 0 Å². The molecule has 2 aromatic rings. The maximum atomic E-state index is 10.8. The maximum Gasteiger partial charge on any atom is 0.317 e. The number of rotatable bonds is 6. The van der Waals surface area contributed by atoms with Gasteiger partial charge in [-0.25, -0.2) is 0 Å². The number of benzene rings is 1. The third-order valence-electron chi connectivity index (χ3n) is 4.75. The molecule has 1 N–H and O–H groups in total. The summed E-state index contributed by atoms with van der Waals surface area (Å²) in [6.07, 6.45) is 2.04. The smallest absolute Gasteiger partial charge is 0.317 e. The Hall–Kier alpha value is -1.40. The molecule has 0 saturated carbocycles. The molecular weight excluding hydrogens is 356 g/mol. The Bertz CT molecular complexity index is 726. The highest BCUT2D eigenvalue weighted by Gasteiger charge is 2.23. The van der Waals surface area contributed by atoms with E-state index in [0.717, 1.165) is 43.1 Å². The third kappa shape index (κ3) is 4.82. The number of halogens is 1. The van der Waals surface area contributed by atoms with E-state index in [1.165, 1.54) is 9.75 Å². The molecule has 0 aliphatic carbocycles. The van der Waals surface area contributed by atoms with E-state index in [1.807, 2.05) is 30.1 Å². The molecule has 1 aromatic heterocycles. The SMILES string of the molecule is CN(CC(=O)O)C1CCN(Cc2ccc(-c3ccccc3Cl)s2)CC1. The van der Waals surface area contributed by atoms with Gasteiger partial charge in [-0.15, -0.1) is 11.3 Å². The molecule has 134 valence electrons. The van der Waals surface area contributed by atoms with Crippen LogP contribution in [0.3, 0.4) is 0 Å². The highest BCUT2D eigenvalue weighted by Crippen LogP contribution is 2.33. The number of nitrogens with zero attached hydrogens (tertiary/aromatic N) is 2. The number of carbonyl (C=O) groups is 1. The van der Waals surface area contributed by atoms with E-state index in [4.69, 9.17) is 16.7 Å². The molecule has 0 radical (unpaired) electrons. The molecule has 0 atom stereocenters. The standard InChI is InChI=1S/C19H23ClN2O2S/c1-21(13-19(23)24)14-8-10-22(11-9-14)12-15-6-7-18(25-15)16-4-2-3-5-17(16)20/h2-7,14H,8-13H2,1H3,(H,23,24). The van der Waals surface area contributed by atoms with Crippen molar-refractivity contribution in [1.29, 1.82) is 0 Å². The van der Waals surface area contributed by atoms with Crippen molar-refractivity contribution >= 4 is 28.9 Å². The van der Waals surface area contributed by atoms with Crippen molar-refractivity contribution in [3.8, 4) is 10.4 Å². The van der Waals surface area contributed by atoms with Crippen molar-refractivity contribution in [1.82, 2.24) is 9.80 Å². The molecule has 0 unspecified atom stereocenters. The number of hydrogen-bond acceptors (Lipinski definition) is 4. The van der Waals surface area contributed by atoms with Crippen molar-refractivity contribution in [2.75, 3.05) is 26.7 Å². The number of thiophene rings is 1. The maximum absolute atomic E-state index is 10.8. The third-order valence-corrected chi connectivity index (χ3v) is 6.18. The Kier molecular flexibility index (Phi) is 6.12. The van der Waals surface area contributed by atoms with Crippen LogP contribution in [-0.4, -0.2) is 53.6 Å². The van der Waals surface area contributed by atoms with Crippen molar-refractivity contribution < 1.29 is 9.90 Å². The zero-order valence-electron chi connectivity index (χ0n) is 14.3. The van der Waals surface area contributed by atoms with Crippen LogP contribution < -0.4 is 0 Å². The number of aliphatic carboxylic acids is 1. The Morgan fingerprint density at radius 1 is 1.28 bits per heavy atom. The van der Waals surface area contributed by atoms with Gasteiger partial charge in [0, 0.05) is 46.0 Å². The minimum absolute atomic E-state index is 0.122. The van der Waals surface area contributed by atoms with Crippen molar-refractivity contribution in [3.63, 3.8) is 0 Å². The van der Waals surface area contributed by atoms with Gasteiger partial charge >= 0.3 is 5.97 Å². The van der Waals surface area contributed by atoms with Gasteiger partial charge in [0.15, 0.2) is 0 Å². The first-order valence-electron chi connectivity index (χ1n) is 8.51. The summed E-state index contributed by atoms with van der Waals surface area (Å²) in [4.78, 5) is 17.8. The van der Waals surface area contributed by atoms with E-state index in [2.05, 4.69) is 23.1 Å². The number of carboxylic acids is 1. The molecule has 25 heavy (non-hydrogen) atoms. The van der Waals surface area contributed by atoms with Gasteiger partial charge in [0.25, 0.3) is 0 Å². The molecule has 0 amide bonds. The minimum atomic E-state index is -0.754. The summed E-state index contributed by atoms with van der Waals surface area (Å²) in [7, 11) is 1.91. The minimum Gasteiger partial charge on any atom is -0.480 e. The summed E-state index contributed by atoms with van der Waals surface area (Å²) >= 11 is 8.09. The van der Waals surface area contributed by atoms with Gasteiger partial charge in [0.2, 0.25) is 0 Å². The van der Waals surface area contributed by atoms with Crippen LogP contribution in [0.2, 0.25) is 5.02 Å². The first-order chi connectivity index (χ1) is 12.0. The molecular formula is C19H23ClN2O2S. The number of piperidine rings is 1. The second-order valence-electron chi connectivity index (χ2n) is 6.56. The van der Waals surface area contributed by atoms with Gasteiger partial charge < -0.3 is 5.11 Å².